The highest BCUT2D eigenvalue weighted by molar-refractivity contribution is 5.93. The highest BCUT2D eigenvalue weighted by atomic mass is 16.5. The van der Waals surface area contributed by atoms with Crippen LogP contribution in [0.25, 0.3) is 22.2 Å². The lowest BCUT2D eigenvalue weighted by Crippen LogP contribution is -2.20. The van der Waals surface area contributed by atoms with Gasteiger partial charge in [0.1, 0.15) is 5.75 Å². The van der Waals surface area contributed by atoms with Crippen LogP contribution in [-0.4, -0.2) is 17.5 Å². The highest BCUT2D eigenvalue weighted by Crippen LogP contribution is 2.30. The van der Waals surface area contributed by atoms with E-state index in [1.807, 2.05) is 84.9 Å². The molecule has 0 aliphatic carbocycles. The molecule has 0 atom stereocenters. The Balaban J connectivity index is 1.54. The van der Waals surface area contributed by atoms with Crippen LogP contribution in [-0.2, 0) is 11.2 Å². The third kappa shape index (κ3) is 4.43. The maximum absolute atomic E-state index is 12.4. The number of ether oxygens (including phenoxy) is 1. The molecule has 0 bridgehead atoms. The van der Waals surface area contributed by atoms with Gasteiger partial charge in [-0.2, -0.15) is 0 Å². The molecule has 1 aromatic heterocycles. The summed E-state index contributed by atoms with van der Waals surface area (Å²) in [5.74, 6) is 0.447. The zero-order valence-electron chi connectivity index (χ0n) is 16.3. The van der Waals surface area contributed by atoms with Crippen LogP contribution in [0.1, 0.15) is 12.5 Å². The average Bonchev–Trinajstić information content (AvgIpc) is 2.78. The quantitative estimate of drug-likeness (QED) is 0.480. The van der Waals surface area contributed by atoms with Gasteiger partial charge < -0.3 is 10.1 Å². The van der Waals surface area contributed by atoms with Crippen LogP contribution >= 0.6 is 0 Å². The summed E-state index contributed by atoms with van der Waals surface area (Å²) in [6, 6.07) is 27.5. The third-order valence-electron chi connectivity index (χ3n) is 4.75. The molecule has 1 amide bonds. The number of aromatic nitrogens is 1. The summed E-state index contributed by atoms with van der Waals surface area (Å²) in [5.41, 5.74) is 4.65. The lowest BCUT2D eigenvalue weighted by Gasteiger charge is -2.12. The van der Waals surface area contributed by atoms with E-state index in [1.54, 1.807) is 0 Å². The SMILES string of the molecule is CCc1ccc(NC(=O)COc2cc(-c3ccccc3)nc3ccccc23)cc1. The second-order valence-corrected chi connectivity index (χ2v) is 6.78. The first-order chi connectivity index (χ1) is 14.2. The van der Waals surface area contributed by atoms with E-state index < -0.39 is 0 Å². The molecule has 0 fully saturated rings. The van der Waals surface area contributed by atoms with Crippen molar-refractivity contribution in [2.45, 2.75) is 13.3 Å². The van der Waals surface area contributed by atoms with Gasteiger partial charge in [0.05, 0.1) is 11.2 Å². The van der Waals surface area contributed by atoms with Crippen molar-refractivity contribution in [1.82, 2.24) is 4.98 Å². The van der Waals surface area contributed by atoms with Gasteiger partial charge in [-0.3, -0.25) is 4.79 Å². The van der Waals surface area contributed by atoms with E-state index >= 15 is 0 Å². The molecule has 29 heavy (non-hydrogen) atoms. The molecule has 3 aromatic carbocycles. The van der Waals surface area contributed by atoms with Crippen molar-refractivity contribution in [2.24, 2.45) is 0 Å². The normalized spacial score (nSPS) is 10.7. The minimum absolute atomic E-state index is 0.0717. The molecule has 0 aliphatic rings. The molecule has 144 valence electrons. The van der Waals surface area contributed by atoms with Crippen molar-refractivity contribution in [3.8, 4) is 17.0 Å². The number of nitrogens with zero attached hydrogens (tertiary/aromatic N) is 1. The Kier molecular flexibility index (Phi) is 5.52. The van der Waals surface area contributed by atoms with Crippen LogP contribution in [0, 0.1) is 0 Å². The van der Waals surface area contributed by atoms with Gasteiger partial charge >= 0.3 is 0 Å². The number of fused-ring (bicyclic) bond motifs is 1. The first-order valence-corrected chi connectivity index (χ1v) is 9.70. The zero-order valence-corrected chi connectivity index (χ0v) is 16.3. The van der Waals surface area contributed by atoms with Gasteiger partial charge in [-0.15, -0.1) is 0 Å². The Bertz CT molecular complexity index is 1120. The number of benzene rings is 3. The average molecular weight is 382 g/mol. The van der Waals surface area contributed by atoms with Crippen molar-refractivity contribution in [3.05, 3.63) is 90.5 Å². The number of anilines is 1. The lowest BCUT2D eigenvalue weighted by molar-refractivity contribution is -0.118. The Labute approximate surface area is 170 Å². The molecule has 4 aromatic rings. The number of carbonyl (C=O) groups excluding carboxylic acids is 1. The number of amides is 1. The molecule has 4 nitrogen and oxygen atoms in total. The molecule has 0 spiro atoms. The summed E-state index contributed by atoms with van der Waals surface area (Å²) < 4.78 is 5.91. The van der Waals surface area contributed by atoms with Crippen molar-refractivity contribution in [1.29, 1.82) is 0 Å². The van der Waals surface area contributed by atoms with Crippen LogP contribution in [0.2, 0.25) is 0 Å². The fraction of sp³-hybridized carbons (Fsp3) is 0.120. The number of nitrogens with one attached hydrogen (secondary N) is 1. The predicted octanol–water partition coefficient (Wildman–Crippen LogP) is 5.48. The highest BCUT2D eigenvalue weighted by Gasteiger charge is 2.10. The number of rotatable bonds is 6. The zero-order chi connectivity index (χ0) is 20.1. The second kappa shape index (κ2) is 8.57. The van der Waals surface area contributed by atoms with Gasteiger partial charge in [-0.25, -0.2) is 4.98 Å². The van der Waals surface area contributed by atoms with E-state index in [4.69, 9.17) is 9.72 Å². The summed E-state index contributed by atoms with van der Waals surface area (Å²) >= 11 is 0. The first kappa shape index (κ1) is 18.7. The lowest BCUT2D eigenvalue weighted by atomic mass is 10.1. The van der Waals surface area contributed by atoms with Gasteiger partial charge in [-0.05, 0) is 36.2 Å². The number of carbonyl (C=O) groups is 1. The Morgan fingerprint density at radius 2 is 1.66 bits per heavy atom. The van der Waals surface area contributed by atoms with E-state index in [9.17, 15) is 4.79 Å². The first-order valence-electron chi connectivity index (χ1n) is 9.70. The van der Waals surface area contributed by atoms with Crippen LogP contribution < -0.4 is 10.1 Å². The van der Waals surface area contributed by atoms with E-state index in [2.05, 4.69) is 12.2 Å². The molecule has 4 rings (SSSR count). The molecular formula is C25H22N2O2. The summed E-state index contributed by atoms with van der Waals surface area (Å²) in [4.78, 5) is 17.1. The Morgan fingerprint density at radius 3 is 2.41 bits per heavy atom. The van der Waals surface area contributed by atoms with Crippen LogP contribution in [0.5, 0.6) is 5.75 Å². The maximum Gasteiger partial charge on any atom is 0.262 e. The topological polar surface area (TPSA) is 51.2 Å². The Morgan fingerprint density at radius 1 is 0.931 bits per heavy atom. The number of pyridine rings is 1. The van der Waals surface area contributed by atoms with Crippen LogP contribution in [0.4, 0.5) is 5.69 Å². The van der Waals surface area contributed by atoms with E-state index in [-0.39, 0.29) is 12.5 Å². The molecule has 0 unspecified atom stereocenters. The third-order valence-corrected chi connectivity index (χ3v) is 4.75. The molecule has 0 saturated carbocycles. The van der Waals surface area contributed by atoms with Crippen LogP contribution in [0.15, 0.2) is 84.9 Å². The second-order valence-electron chi connectivity index (χ2n) is 6.78. The van der Waals surface area contributed by atoms with E-state index in [0.717, 1.165) is 34.3 Å². The molecular weight excluding hydrogens is 360 g/mol. The molecule has 1 heterocycles. The van der Waals surface area contributed by atoms with E-state index in [1.165, 1.54) is 5.56 Å². The molecule has 0 radical (unpaired) electrons. The van der Waals surface area contributed by atoms with Crippen molar-refractivity contribution >= 4 is 22.5 Å². The van der Waals surface area contributed by atoms with Crippen molar-refractivity contribution < 1.29 is 9.53 Å². The fourth-order valence-corrected chi connectivity index (χ4v) is 3.18. The minimum Gasteiger partial charge on any atom is -0.483 e. The van der Waals surface area contributed by atoms with Gasteiger partial charge in [0.15, 0.2) is 6.61 Å². The van der Waals surface area contributed by atoms with Crippen LogP contribution in [0.3, 0.4) is 0 Å². The predicted molar refractivity (Wildman–Crippen MR) is 117 cm³/mol. The van der Waals surface area contributed by atoms with E-state index in [0.29, 0.717) is 5.75 Å². The summed E-state index contributed by atoms with van der Waals surface area (Å²) in [6.07, 6.45) is 0.968. The molecule has 0 saturated heterocycles. The maximum atomic E-state index is 12.4. The fourth-order valence-electron chi connectivity index (χ4n) is 3.18. The van der Waals surface area contributed by atoms with Gasteiger partial charge in [0.2, 0.25) is 0 Å². The van der Waals surface area contributed by atoms with Gasteiger partial charge in [0, 0.05) is 22.7 Å². The number of hydrogen-bond donors (Lipinski definition) is 1. The number of hydrogen-bond acceptors (Lipinski definition) is 3. The molecule has 0 aliphatic heterocycles. The number of aryl methyl sites for hydroxylation is 1. The molecule has 1 N–H and O–H groups in total. The summed E-state index contributed by atoms with van der Waals surface area (Å²) in [5, 5.41) is 3.76. The molecule has 4 heteroatoms. The largest absolute Gasteiger partial charge is 0.483 e. The monoisotopic (exact) mass is 382 g/mol. The number of para-hydroxylation sites is 1. The van der Waals surface area contributed by atoms with Gasteiger partial charge in [0.25, 0.3) is 5.91 Å². The van der Waals surface area contributed by atoms with Crippen molar-refractivity contribution in [3.63, 3.8) is 0 Å². The minimum atomic E-state index is -0.198. The van der Waals surface area contributed by atoms with Gasteiger partial charge in [-0.1, -0.05) is 61.5 Å². The van der Waals surface area contributed by atoms with Crippen molar-refractivity contribution in [2.75, 3.05) is 11.9 Å². The summed E-state index contributed by atoms with van der Waals surface area (Å²) in [6.45, 7) is 2.03. The standard InChI is InChI=1S/C25H22N2O2/c1-2-18-12-14-20(15-13-18)26-25(28)17-29-24-16-23(19-8-4-3-5-9-19)27-22-11-7-6-10-21(22)24/h3-16H,2,17H2,1H3,(H,26,28). The summed E-state index contributed by atoms with van der Waals surface area (Å²) in [7, 11) is 0. The smallest absolute Gasteiger partial charge is 0.262 e. The Hall–Kier alpha value is -3.66.